The van der Waals surface area contributed by atoms with Gasteiger partial charge in [-0.25, -0.2) is 4.39 Å². The Morgan fingerprint density at radius 1 is 1.46 bits per heavy atom. The SMILES string of the molecule is CCO[C@@H](CN)c1ccccc1F. The molecule has 1 aromatic rings. The number of benzene rings is 1. The van der Waals surface area contributed by atoms with Crippen molar-refractivity contribution in [2.75, 3.05) is 13.2 Å². The van der Waals surface area contributed by atoms with E-state index < -0.39 is 0 Å². The van der Waals surface area contributed by atoms with Crippen LogP contribution in [-0.2, 0) is 4.74 Å². The minimum absolute atomic E-state index is 0.258. The molecule has 0 aliphatic carbocycles. The molecule has 3 heteroatoms. The lowest BCUT2D eigenvalue weighted by atomic mass is 10.1. The maximum Gasteiger partial charge on any atom is 0.129 e. The van der Waals surface area contributed by atoms with Gasteiger partial charge in [0, 0.05) is 18.7 Å². The Balaban J connectivity index is 2.84. The zero-order chi connectivity index (χ0) is 9.68. The van der Waals surface area contributed by atoms with E-state index >= 15 is 0 Å². The van der Waals surface area contributed by atoms with Crippen LogP contribution >= 0.6 is 0 Å². The Morgan fingerprint density at radius 3 is 2.69 bits per heavy atom. The van der Waals surface area contributed by atoms with Gasteiger partial charge < -0.3 is 10.5 Å². The molecule has 1 atom stereocenters. The van der Waals surface area contributed by atoms with Crippen LogP contribution in [0, 0.1) is 5.82 Å². The summed E-state index contributed by atoms with van der Waals surface area (Å²) in [4.78, 5) is 0. The number of hydrogen-bond acceptors (Lipinski definition) is 2. The molecule has 72 valence electrons. The molecule has 0 bridgehead atoms. The highest BCUT2D eigenvalue weighted by Crippen LogP contribution is 2.18. The van der Waals surface area contributed by atoms with E-state index in [1.807, 2.05) is 6.92 Å². The molecule has 0 aliphatic heterocycles. The molecule has 0 aliphatic rings. The van der Waals surface area contributed by atoms with Crippen molar-refractivity contribution in [3.63, 3.8) is 0 Å². The van der Waals surface area contributed by atoms with E-state index in [2.05, 4.69) is 0 Å². The topological polar surface area (TPSA) is 35.2 Å². The largest absolute Gasteiger partial charge is 0.372 e. The Labute approximate surface area is 77.5 Å². The fourth-order valence-electron chi connectivity index (χ4n) is 1.22. The first-order valence-electron chi connectivity index (χ1n) is 4.35. The fraction of sp³-hybridized carbons (Fsp3) is 0.400. The maximum atomic E-state index is 13.2. The third-order valence-electron chi connectivity index (χ3n) is 1.83. The number of halogens is 1. The van der Waals surface area contributed by atoms with Gasteiger partial charge in [0.25, 0.3) is 0 Å². The first kappa shape index (κ1) is 10.2. The van der Waals surface area contributed by atoms with E-state index in [-0.39, 0.29) is 11.9 Å². The molecule has 1 rings (SSSR count). The van der Waals surface area contributed by atoms with Gasteiger partial charge in [-0.2, -0.15) is 0 Å². The molecular weight excluding hydrogens is 169 g/mol. The van der Waals surface area contributed by atoms with Crippen molar-refractivity contribution in [1.29, 1.82) is 0 Å². The lowest BCUT2D eigenvalue weighted by molar-refractivity contribution is 0.0663. The van der Waals surface area contributed by atoms with E-state index in [1.165, 1.54) is 6.07 Å². The molecule has 0 unspecified atom stereocenters. The second-order valence-corrected chi connectivity index (χ2v) is 2.70. The molecule has 1 aromatic carbocycles. The minimum atomic E-state index is -0.328. The first-order chi connectivity index (χ1) is 6.29. The summed E-state index contributed by atoms with van der Waals surface area (Å²) in [6.07, 6.45) is -0.328. The van der Waals surface area contributed by atoms with Gasteiger partial charge in [-0.3, -0.25) is 0 Å². The predicted molar refractivity (Wildman–Crippen MR) is 49.8 cm³/mol. The molecule has 0 fully saturated rings. The van der Waals surface area contributed by atoms with E-state index in [0.717, 1.165) is 0 Å². The molecule has 0 radical (unpaired) electrons. The number of ether oxygens (including phenoxy) is 1. The Kier molecular flexibility index (Phi) is 3.86. The van der Waals surface area contributed by atoms with Gasteiger partial charge in [0.2, 0.25) is 0 Å². The van der Waals surface area contributed by atoms with Crippen LogP contribution in [0.5, 0.6) is 0 Å². The monoisotopic (exact) mass is 183 g/mol. The highest BCUT2D eigenvalue weighted by molar-refractivity contribution is 5.20. The second kappa shape index (κ2) is 4.94. The Bertz CT molecular complexity index is 265. The molecule has 0 aromatic heterocycles. The summed E-state index contributed by atoms with van der Waals surface area (Å²) < 4.78 is 18.5. The molecule has 2 nitrogen and oxygen atoms in total. The van der Waals surface area contributed by atoms with Gasteiger partial charge in [0.05, 0.1) is 6.10 Å². The number of rotatable bonds is 4. The average molecular weight is 183 g/mol. The molecule has 0 saturated carbocycles. The van der Waals surface area contributed by atoms with E-state index in [1.54, 1.807) is 18.2 Å². The van der Waals surface area contributed by atoms with Gasteiger partial charge in [0.1, 0.15) is 5.82 Å². The third kappa shape index (κ3) is 2.50. The molecule has 0 saturated heterocycles. The summed E-state index contributed by atoms with van der Waals surface area (Å²) in [5, 5.41) is 0. The minimum Gasteiger partial charge on any atom is -0.372 e. The van der Waals surface area contributed by atoms with Crippen LogP contribution in [0.2, 0.25) is 0 Å². The first-order valence-corrected chi connectivity index (χ1v) is 4.35. The third-order valence-corrected chi connectivity index (χ3v) is 1.83. The van der Waals surface area contributed by atoms with Crippen LogP contribution in [0.1, 0.15) is 18.6 Å². The van der Waals surface area contributed by atoms with E-state index in [9.17, 15) is 4.39 Å². The summed E-state index contributed by atoms with van der Waals surface area (Å²) >= 11 is 0. The molecule has 0 amide bonds. The number of nitrogens with two attached hydrogens (primary N) is 1. The van der Waals surface area contributed by atoms with Crippen molar-refractivity contribution in [1.82, 2.24) is 0 Å². The fourth-order valence-corrected chi connectivity index (χ4v) is 1.22. The maximum absolute atomic E-state index is 13.2. The van der Waals surface area contributed by atoms with Gasteiger partial charge >= 0.3 is 0 Å². The molecule has 13 heavy (non-hydrogen) atoms. The lowest BCUT2D eigenvalue weighted by Crippen LogP contribution is -2.16. The highest BCUT2D eigenvalue weighted by Gasteiger charge is 2.12. The molecule has 0 heterocycles. The Morgan fingerprint density at radius 2 is 2.15 bits per heavy atom. The Hall–Kier alpha value is -0.930. The number of hydrogen-bond donors (Lipinski definition) is 1. The van der Waals surface area contributed by atoms with Crippen molar-refractivity contribution >= 4 is 0 Å². The summed E-state index contributed by atoms with van der Waals surface area (Å²) in [6.45, 7) is 2.70. The van der Waals surface area contributed by atoms with Crippen LogP contribution < -0.4 is 5.73 Å². The van der Waals surface area contributed by atoms with Crippen LogP contribution in [0.3, 0.4) is 0 Å². The molecule has 0 spiro atoms. The van der Waals surface area contributed by atoms with Crippen LogP contribution in [0.15, 0.2) is 24.3 Å². The second-order valence-electron chi connectivity index (χ2n) is 2.70. The van der Waals surface area contributed by atoms with Crippen molar-refractivity contribution in [3.05, 3.63) is 35.6 Å². The quantitative estimate of drug-likeness (QED) is 0.773. The zero-order valence-electron chi connectivity index (χ0n) is 7.66. The molecule has 2 N–H and O–H groups in total. The van der Waals surface area contributed by atoms with Crippen LogP contribution in [0.4, 0.5) is 4.39 Å². The van der Waals surface area contributed by atoms with Crippen LogP contribution in [0.25, 0.3) is 0 Å². The summed E-state index contributed by atoms with van der Waals surface area (Å²) in [7, 11) is 0. The van der Waals surface area contributed by atoms with Gasteiger partial charge in [0.15, 0.2) is 0 Å². The summed E-state index contributed by atoms with van der Waals surface area (Å²) in [5.41, 5.74) is 6.00. The van der Waals surface area contributed by atoms with E-state index in [0.29, 0.717) is 18.7 Å². The van der Waals surface area contributed by atoms with Crippen molar-refractivity contribution in [2.24, 2.45) is 5.73 Å². The molecular formula is C10H14FNO. The van der Waals surface area contributed by atoms with E-state index in [4.69, 9.17) is 10.5 Å². The van der Waals surface area contributed by atoms with Crippen LogP contribution in [-0.4, -0.2) is 13.2 Å². The van der Waals surface area contributed by atoms with Crippen molar-refractivity contribution in [3.8, 4) is 0 Å². The lowest BCUT2D eigenvalue weighted by Gasteiger charge is -2.15. The van der Waals surface area contributed by atoms with Crippen molar-refractivity contribution in [2.45, 2.75) is 13.0 Å². The highest BCUT2D eigenvalue weighted by atomic mass is 19.1. The summed E-state index contributed by atoms with van der Waals surface area (Å²) in [6, 6.07) is 6.54. The standard InChI is InChI=1S/C10H14FNO/c1-2-13-10(7-12)8-5-3-4-6-9(8)11/h3-6,10H,2,7,12H2,1H3/t10-/m0/s1. The van der Waals surface area contributed by atoms with Gasteiger partial charge in [-0.05, 0) is 13.0 Å². The van der Waals surface area contributed by atoms with Gasteiger partial charge in [-0.15, -0.1) is 0 Å². The predicted octanol–water partition coefficient (Wildman–Crippen LogP) is 1.86. The van der Waals surface area contributed by atoms with Crippen molar-refractivity contribution < 1.29 is 9.13 Å². The summed E-state index contributed by atoms with van der Waals surface area (Å²) in [5.74, 6) is -0.258. The smallest absolute Gasteiger partial charge is 0.129 e. The normalized spacial score (nSPS) is 12.8. The average Bonchev–Trinajstić information content (AvgIpc) is 2.16. The zero-order valence-corrected chi connectivity index (χ0v) is 7.66. The van der Waals surface area contributed by atoms with Gasteiger partial charge in [-0.1, -0.05) is 18.2 Å².